The van der Waals surface area contributed by atoms with Crippen LogP contribution in [0.2, 0.25) is 0 Å². The summed E-state index contributed by atoms with van der Waals surface area (Å²) in [5.41, 5.74) is 5.79. The molecular formula is C23H25F2N5O3. The number of aromatic nitrogens is 2. The lowest BCUT2D eigenvalue weighted by Gasteiger charge is -2.17. The van der Waals surface area contributed by atoms with Crippen LogP contribution in [0.3, 0.4) is 0 Å². The van der Waals surface area contributed by atoms with E-state index in [1.165, 1.54) is 43.0 Å². The fourth-order valence-electron chi connectivity index (χ4n) is 3.35. The minimum absolute atomic E-state index is 0.00646. The van der Waals surface area contributed by atoms with Crippen LogP contribution in [0.4, 0.5) is 20.4 Å². The molecule has 3 N–H and O–H groups in total. The summed E-state index contributed by atoms with van der Waals surface area (Å²) in [6, 6.07) is 7.77. The number of rotatable bonds is 9. The Morgan fingerprint density at radius 1 is 1.18 bits per heavy atom. The first-order valence-corrected chi connectivity index (χ1v) is 10.4. The first kappa shape index (κ1) is 24.0. The summed E-state index contributed by atoms with van der Waals surface area (Å²) in [4.78, 5) is 28.7. The third-order valence-corrected chi connectivity index (χ3v) is 5.37. The molecule has 0 spiro atoms. The highest BCUT2D eigenvalue weighted by molar-refractivity contribution is 5.81. The van der Waals surface area contributed by atoms with E-state index in [1.807, 2.05) is 6.92 Å². The van der Waals surface area contributed by atoms with Gasteiger partial charge in [-0.05, 0) is 47.8 Å². The number of nitrogens with one attached hydrogen (secondary N) is 1. The molecule has 0 aliphatic rings. The number of nitrogens with zero attached hydrogens (tertiary/aromatic N) is 3. The zero-order valence-corrected chi connectivity index (χ0v) is 18.6. The van der Waals surface area contributed by atoms with E-state index in [0.29, 0.717) is 13.0 Å². The lowest BCUT2D eigenvalue weighted by molar-refractivity contribution is 0.386. The van der Waals surface area contributed by atoms with Crippen LogP contribution in [0.25, 0.3) is 22.4 Å². The van der Waals surface area contributed by atoms with E-state index in [9.17, 15) is 18.5 Å². The predicted octanol–water partition coefficient (Wildman–Crippen LogP) is 4.34. The van der Waals surface area contributed by atoms with Gasteiger partial charge in [-0.3, -0.25) is 9.36 Å². The molecule has 1 unspecified atom stereocenters. The molecule has 1 atom stereocenters. The fraction of sp³-hybridized carbons (Fsp3) is 0.304. The zero-order valence-electron chi connectivity index (χ0n) is 18.6. The zero-order chi connectivity index (χ0) is 24.1. The lowest BCUT2D eigenvalue weighted by Crippen LogP contribution is -2.27. The van der Waals surface area contributed by atoms with E-state index >= 15 is 0 Å². The third-order valence-electron chi connectivity index (χ3n) is 5.37. The van der Waals surface area contributed by atoms with Crippen molar-refractivity contribution in [1.29, 1.82) is 0 Å². The Morgan fingerprint density at radius 3 is 2.48 bits per heavy atom. The number of hydrogen-bond acceptors (Lipinski definition) is 7. The maximum Gasteiger partial charge on any atom is 0.263 e. The largest absolute Gasteiger partial charge is 0.494 e. The first-order valence-electron chi connectivity index (χ1n) is 10.4. The monoisotopic (exact) mass is 457 g/mol. The molecule has 2 aromatic carbocycles. The van der Waals surface area contributed by atoms with Crippen LogP contribution in [0.5, 0.6) is 5.75 Å². The molecule has 174 valence electrons. The number of methoxy groups -OCH3 is 1. The molecule has 0 bridgehead atoms. The average Bonchev–Trinajstić information content (AvgIpc) is 2.81. The molecule has 8 nitrogen and oxygen atoms in total. The van der Waals surface area contributed by atoms with Crippen LogP contribution < -0.4 is 21.3 Å². The van der Waals surface area contributed by atoms with Gasteiger partial charge in [-0.2, -0.15) is 0 Å². The SMILES string of the molecule is CCC(N)CCNc1nc(-c2ccc(N=O)c(F)c2)c(-c2ccc(OC)c(F)c2)c(=O)n1C. The number of ether oxygens (including phenoxy) is 1. The highest BCUT2D eigenvalue weighted by Crippen LogP contribution is 2.33. The van der Waals surface area contributed by atoms with Crippen molar-refractivity contribution in [2.75, 3.05) is 19.0 Å². The van der Waals surface area contributed by atoms with Crippen molar-refractivity contribution < 1.29 is 13.5 Å². The molecule has 0 saturated heterocycles. The van der Waals surface area contributed by atoms with Crippen molar-refractivity contribution in [3.05, 3.63) is 63.3 Å². The molecule has 0 saturated carbocycles. The van der Waals surface area contributed by atoms with Gasteiger partial charge >= 0.3 is 0 Å². The molecule has 10 heteroatoms. The van der Waals surface area contributed by atoms with Crippen LogP contribution in [0, 0.1) is 16.5 Å². The Bertz CT molecular complexity index is 1230. The molecule has 1 aromatic heterocycles. The molecule has 1 heterocycles. The van der Waals surface area contributed by atoms with E-state index in [4.69, 9.17) is 10.5 Å². The van der Waals surface area contributed by atoms with E-state index in [2.05, 4.69) is 15.5 Å². The van der Waals surface area contributed by atoms with Crippen molar-refractivity contribution in [3.8, 4) is 28.1 Å². The van der Waals surface area contributed by atoms with Crippen molar-refractivity contribution in [2.45, 2.75) is 25.8 Å². The number of halogens is 2. The predicted molar refractivity (Wildman–Crippen MR) is 124 cm³/mol. The molecule has 0 fully saturated rings. The van der Waals surface area contributed by atoms with Gasteiger partial charge in [0.05, 0.1) is 18.4 Å². The summed E-state index contributed by atoms with van der Waals surface area (Å²) in [6.45, 7) is 2.44. The van der Waals surface area contributed by atoms with Gasteiger partial charge in [0.2, 0.25) is 5.95 Å². The standard InChI is InChI=1S/C23H25F2N5O3/c1-4-15(26)9-10-27-23-28-21(14-5-7-18(29-32)16(24)12-14)20(22(31)30(23)2)13-6-8-19(33-3)17(25)11-13/h5-8,11-12,15H,4,9-10,26H2,1-3H3,(H,27,28). The van der Waals surface area contributed by atoms with Gasteiger partial charge in [0.15, 0.2) is 17.4 Å². The Balaban J connectivity index is 2.20. The van der Waals surface area contributed by atoms with Crippen molar-refractivity contribution in [3.63, 3.8) is 0 Å². The van der Waals surface area contributed by atoms with Crippen molar-refractivity contribution >= 4 is 11.6 Å². The topological polar surface area (TPSA) is 112 Å². The van der Waals surface area contributed by atoms with E-state index < -0.39 is 17.2 Å². The van der Waals surface area contributed by atoms with Gasteiger partial charge in [0, 0.05) is 25.2 Å². The van der Waals surface area contributed by atoms with E-state index in [1.54, 1.807) is 0 Å². The molecule has 0 aliphatic heterocycles. The van der Waals surface area contributed by atoms with E-state index in [-0.39, 0.29) is 45.8 Å². The summed E-state index contributed by atoms with van der Waals surface area (Å²) in [7, 11) is 2.87. The summed E-state index contributed by atoms with van der Waals surface area (Å²) < 4.78 is 35.0. The van der Waals surface area contributed by atoms with Crippen molar-refractivity contribution in [2.24, 2.45) is 18.0 Å². The first-order chi connectivity index (χ1) is 15.8. The Kier molecular flexibility index (Phi) is 7.49. The van der Waals surface area contributed by atoms with Crippen LogP contribution in [-0.2, 0) is 7.05 Å². The van der Waals surface area contributed by atoms with Gasteiger partial charge < -0.3 is 15.8 Å². The second-order valence-corrected chi connectivity index (χ2v) is 7.51. The summed E-state index contributed by atoms with van der Waals surface area (Å²) >= 11 is 0. The number of nitrogens with two attached hydrogens (primary N) is 1. The third kappa shape index (κ3) is 5.06. The van der Waals surface area contributed by atoms with Gasteiger partial charge in [0.1, 0.15) is 5.69 Å². The molecule has 0 amide bonds. The normalized spacial score (nSPS) is 11.8. The van der Waals surface area contributed by atoms with Gasteiger partial charge in [-0.25, -0.2) is 13.8 Å². The highest BCUT2D eigenvalue weighted by atomic mass is 19.1. The number of nitroso groups, excluding NO2 is 1. The minimum atomic E-state index is -0.861. The maximum absolute atomic E-state index is 14.4. The molecule has 0 aliphatic carbocycles. The van der Waals surface area contributed by atoms with Crippen LogP contribution in [-0.4, -0.2) is 29.2 Å². The summed E-state index contributed by atoms with van der Waals surface area (Å²) in [5, 5.41) is 5.72. The average molecular weight is 457 g/mol. The Morgan fingerprint density at radius 2 is 1.88 bits per heavy atom. The molecular weight excluding hydrogens is 432 g/mol. The molecule has 0 radical (unpaired) electrons. The Labute approximate surface area is 189 Å². The lowest BCUT2D eigenvalue weighted by atomic mass is 9.99. The van der Waals surface area contributed by atoms with Crippen molar-refractivity contribution in [1.82, 2.24) is 9.55 Å². The summed E-state index contributed by atoms with van der Waals surface area (Å²) in [5.74, 6) is -1.26. The second-order valence-electron chi connectivity index (χ2n) is 7.51. The number of benzene rings is 2. The van der Waals surface area contributed by atoms with Crippen LogP contribution in [0.15, 0.2) is 46.4 Å². The van der Waals surface area contributed by atoms with E-state index in [0.717, 1.165) is 18.6 Å². The maximum atomic E-state index is 14.4. The molecule has 33 heavy (non-hydrogen) atoms. The molecule has 3 rings (SSSR count). The second kappa shape index (κ2) is 10.3. The Hall–Kier alpha value is -3.66. The van der Waals surface area contributed by atoms with Crippen LogP contribution >= 0.6 is 0 Å². The quantitative estimate of drug-likeness (QED) is 0.463. The smallest absolute Gasteiger partial charge is 0.263 e. The highest BCUT2D eigenvalue weighted by Gasteiger charge is 2.20. The van der Waals surface area contributed by atoms with Gasteiger partial charge in [-0.1, -0.05) is 19.1 Å². The fourth-order valence-corrected chi connectivity index (χ4v) is 3.35. The number of anilines is 1. The van der Waals surface area contributed by atoms with Gasteiger partial charge in [0.25, 0.3) is 5.56 Å². The van der Waals surface area contributed by atoms with Gasteiger partial charge in [-0.15, -0.1) is 4.91 Å². The number of hydrogen-bond donors (Lipinski definition) is 2. The minimum Gasteiger partial charge on any atom is -0.494 e. The van der Waals surface area contributed by atoms with Crippen LogP contribution in [0.1, 0.15) is 19.8 Å². The molecule has 3 aromatic rings. The summed E-state index contributed by atoms with van der Waals surface area (Å²) in [6.07, 6.45) is 1.46.